The second-order valence-corrected chi connectivity index (χ2v) is 7.03. The van der Waals surface area contributed by atoms with Gasteiger partial charge < -0.3 is 5.32 Å². The number of aromatic nitrogens is 1. The molecule has 0 bridgehead atoms. The maximum Gasteiger partial charge on any atom is 0.0897 e. The van der Waals surface area contributed by atoms with Crippen LogP contribution in [0.4, 0.5) is 0 Å². The van der Waals surface area contributed by atoms with Gasteiger partial charge in [0.25, 0.3) is 0 Å². The van der Waals surface area contributed by atoms with Crippen molar-refractivity contribution in [2.45, 2.75) is 46.0 Å². The molecule has 1 aromatic rings. The van der Waals surface area contributed by atoms with E-state index in [9.17, 15) is 0 Å². The van der Waals surface area contributed by atoms with Crippen molar-refractivity contribution in [2.75, 3.05) is 6.54 Å². The standard InChI is InChI=1S/C12H21ClN2S/c1-9-15-11(8-16-9)7-14-6-10(13)5-12(2,3)4/h8,10,14H,5-7H2,1-4H3. The minimum Gasteiger partial charge on any atom is -0.310 e. The SMILES string of the molecule is Cc1nc(CNCC(Cl)CC(C)(C)C)cs1. The van der Waals surface area contributed by atoms with Crippen molar-refractivity contribution in [3.05, 3.63) is 16.1 Å². The molecular weight excluding hydrogens is 240 g/mol. The van der Waals surface area contributed by atoms with Gasteiger partial charge >= 0.3 is 0 Å². The van der Waals surface area contributed by atoms with Crippen LogP contribution in [0.15, 0.2) is 5.38 Å². The molecule has 0 aliphatic rings. The molecule has 1 unspecified atom stereocenters. The summed E-state index contributed by atoms with van der Waals surface area (Å²) < 4.78 is 0. The lowest BCUT2D eigenvalue weighted by Crippen LogP contribution is -2.26. The predicted molar refractivity (Wildman–Crippen MR) is 72.3 cm³/mol. The number of alkyl halides is 1. The molecule has 1 heterocycles. The van der Waals surface area contributed by atoms with Gasteiger partial charge in [0.1, 0.15) is 0 Å². The second-order valence-electron chi connectivity index (χ2n) is 5.35. The first-order chi connectivity index (χ1) is 7.37. The van der Waals surface area contributed by atoms with Crippen LogP contribution < -0.4 is 5.32 Å². The van der Waals surface area contributed by atoms with E-state index in [-0.39, 0.29) is 5.38 Å². The maximum absolute atomic E-state index is 6.26. The van der Waals surface area contributed by atoms with Gasteiger partial charge in [0.15, 0.2) is 0 Å². The number of nitrogens with one attached hydrogen (secondary N) is 1. The zero-order valence-electron chi connectivity index (χ0n) is 10.5. The van der Waals surface area contributed by atoms with Crippen LogP contribution in [-0.2, 0) is 6.54 Å². The Morgan fingerprint density at radius 1 is 1.50 bits per heavy atom. The van der Waals surface area contributed by atoms with E-state index in [1.54, 1.807) is 11.3 Å². The van der Waals surface area contributed by atoms with E-state index in [2.05, 4.69) is 36.5 Å². The average Bonchev–Trinajstić information content (AvgIpc) is 2.48. The summed E-state index contributed by atoms with van der Waals surface area (Å²) in [7, 11) is 0. The minimum atomic E-state index is 0.194. The van der Waals surface area contributed by atoms with Crippen LogP contribution in [0.2, 0.25) is 0 Å². The summed E-state index contributed by atoms with van der Waals surface area (Å²) in [6, 6.07) is 0. The van der Waals surface area contributed by atoms with Gasteiger partial charge in [-0.2, -0.15) is 0 Å². The first kappa shape index (κ1) is 13.9. The summed E-state index contributed by atoms with van der Waals surface area (Å²) in [5, 5.41) is 6.76. The summed E-state index contributed by atoms with van der Waals surface area (Å²) in [6.45, 7) is 10.3. The molecule has 16 heavy (non-hydrogen) atoms. The average molecular weight is 261 g/mol. The first-order valence-corrected chi connectivity index (χ1v) is 6.94. The van der Waals surface area contributed by atoms with E-state index < -0.39 is 0 Å². The number of nitrogens with zero attached hydrogens (tertiary/aromatic N) is 1. The molecular formula is C12H21ClN2S. The van der Waals surface area contributed by atoms with Crippen molar-refractivity contribution < 1.29 is 0 Å². The topological polar surface area (TPSA) is 24.9 Å². The Balaban J connectivity index is 2.20. The molecule has 92 valence electrons. The van der Waals surface area contributed by atoms with Crippen LogP contribution >= 0.6 is 22.9 Å². The van der Waals surface area contributed by atoms with Crippen molar-refractivity contribution in [1.82, 2.24) is 10.3 Å². The largest absolute Gasteiger partial charge is 0.310 e. The van der Waals surface area contributed by atoms with E-state index in [0.717, 1.165) is 30.2 Å². The third-order valence-corrected chi connectivity index (χ3v) is 3.30. The smallest absolute Gasteiger partial charge is 0.0897 e. The van der Waals surface area contributed by atoms with Gasteiger partial charge in [-0.05, 0) is 18.8 Å². The van der Waals surface area contributed by atoms with E-state index in [4.69, 9.17) is 11.6 Å². The minimum absolute atomic E-state index is 0.194. The second kappa shape index (κ2) is 5.99. The number of aryl methyl sites for hydroxylation is 1. The Morgan fingerprint density at radius 3 is 2.69 bits per heavy atom. The van der Waals surface area contributed by atoms with Crippen LogP contribution in [-0.4, -0.2) is 16.9 Å². The molecule has 0 radical (unpaired) electrons. The Morgan fingerprint density at radius 2 is 2.19 bits per heavy atom. The highest BCUT2D eigenvalue weighted by Crippen LogP contribution is 2.23. The number of thiazole rings is 1. The summed E-state index contributed by atoms with van der Waals surface area (Å²) in [4.78, 5) is 4.40. The number of halogens is 1. The van der Waals surface area contributed by atoms with E-state index in [1.807, 2.05) is 6.92 Å². The zero-order chi connectivity index (χ0) is 12.2. The van der Waals surface area contributed by atoms with Crippen molar-refractivity contribution >= 4 is 22.9 Å². The third-order valence-electron chi connectivity index (χ3n) is 2.17. The van der Waals surface area contributed by atoms with Gasteiger partial charge in [-0.3, -0.25) is 0 Å². The molecule has 1 atom stereocenters. The van der Waals surface area contributed by atoms with E-state index in [0.29, 0.717) is 5.41 Å². The fourth-order valence-electron chi connectivity index (χ4n) is 1.58. The van der Waals surface area contributed by atoms with Crippen molar-refractivity contribution in [3.63, 3.8) is 0 Å². The summed E-state index contributed by atoms with van der Waals surface area (Å²) >= 11 is 7.95. The normalized spacial score (nSPS) is 14.1. The molecule has 2 nitrogen and oxygen atoms in total. The van der Waals surface area contributed by atoms with Crippen LogP contribution in [0.25, 0.3) is 0 Å². The number of hydrogen-bond acceptors (Lipinski definition) is 3. The Bertz CT molecular complexity index is 317. The fraction of sp³-hybridized carbons (Fsp3) is 0.750. The fourth-order valence-corrected chi connectivity index (χ4v) is 2.77. The van der Waals surface area contributed by atoms with E-state index >= 15 is 0 Å². The van der Waals surface area contributed by atoms with Gasteiger partial charge in [0.05, 0.1) is 10.7 Å². The molecule has 0 aliphatic heterocycles. The van der Waals surface area contributed by atoms with Crippen LogP contribution in [0, 0.1) is 12.3 Å². The highest BCUT2D eigenvalue weighted by molar-refractivity contribution is 7.09. The predicted octanol–water partition coefficient (Wildman–Crippen LogP) is 3.58. The molecule has 1 N–H and O–H groups in total. The molecule has 0 saturated heterocycles. The number of rotatable bonds is 5. The first-order valence-electron chi connectivity index (χ1n) is 5.62. The highest BCUT2D eigenvalue weighted by Gasteiger charge is 2.16. The van der Waals surface area contributed by atoms with Gasteiger partial charge in [-0.1, -0.05) is 20.8 Å². The summed E-state index contributed by atoms with van der Waals surface area (Å²) in [5.41, 5.74) is 1.41. The molecule has 0 amide bonds. The molecule has 4 heteroatoms. The molecule has 0 aliphatic carbocycles. The van der Waals surface area contributed by atoms with Gasteiger partial charge in [-0.15, -0.1) is 22.9 Å². The molecule has 0 saturated carbocycles. The Kier molecular flexibility index (Phi) is 5.22. The lowest BCUT2D eigenvalue weighted by atomic mass is 9.90. The van der Waals surface area contributed by atoms with Gasteiger partial charge in [-0.25, -0.2) is 4.98 Å². The Hall–Kier alpha value is -0.120. The van der Waals surface area contributed by atoms with Crippen molar-refractivity contribution in [3.8, 4) is 0 Å². The van der Waals surface area contributed by atoms with Crippen LogP contribution in [0.5, 0.6) is 0 Å². The van der Waals surface area contributed by atoms with E-state index in [1.165, 1.54) is 0 Å². The highest BCUT2D eigenvalue weighted by atomic mass is 35.5. The Labute approximate surface area is 107 Å². The zero-order valence-corrected chi connectivity index (χ0v) is 12.1. The van der Waals surface area contributed by atoms with Crippen molar-refractivity contribution in [2.24, 2.45) is 5.41 Å². The van der Waals surface area contributed by atoms with Crippen LogP contribution in [0.3, 0.4) is 0 Å². The van der Waals surface area contributed by atoms with Crippen LogP contribution in [0.1, 0.15) is 37.9 Å². The molecule has 0 aromatic carbocycles. The maximum atomic E-state index is 6.26. The molecule has 0 fully saturated rings. The molecule has 1 aromatic heterocycles. The monoisotopic (exact) mass is 260 g/mol. The lowest BCUT2D eigenvalue weighted by molar-refractivity contribution is 0.364. The third kappa shape index (κ3) is 5.83. The van der Waals surface area contributed by atoms with Crippen molar-refractivity contribution in [1.29, 1.82) is 0 Å². The lowest BCUT2D eigenvalue weighted by Gasteiger charge is -2.21. The number of hydrogen-bond donors (Lipinski definition) is 1. The summed E-state index contributed by atoms with van der Waals surface area (Å²) in [5.74, 6) is 0. The quantitative estimate of drug-likeness (QED) is 0.819. The molecule has 0 spiro atoms. The van der Waals surface area contributed by atoms with Gasteiger partial charge in [0, 0.05) is 23.8 Å². The van der Waals surface area contributed by atoms with Gasteiger partial charge in [0.2, 0.25) is 0 Å². The molecule has 1 rings (SSSR count). The summed E-state index contributed by atoms with van der Waals surface area (Å²) in [6.07, 6.45) is 1.03.